The highest BCUT2D eigenvalue weighted by Gasteiger charge is 2.31. The summed E-state index contributed by atoms with van der Waals surface area (Å²) in [6.45, 7) is 3.36. The van der Waals surface area contributed by atoms with Gasteiger partial charge in [-0.3, -0.25) is 14.4 Å². The minimum atomic E-state index is -1.18. The Balaban J connectivity index is 1.76. The standard InChI is InChI=1S/C28H35N5O5S/c1-16(2)24(28(37)38)33-26(35)22(13-18-14-30-21-11-7-6-10-19(18)21)31-27(36)23(15-39)32-25(34)20(29)12-17-8-4-3-5-9-17/h3-11,14,16,20,22-24,30,39H,12-13,15,29H2,1-2H3,(H,31,36)(H,32,34)(H,33,35)(H,37,38). The average molecular weight is 554 g/mol. The molecule has 4 unspecified atom stereocenters. The van der Waals surface area contributed by atoms with Crippen LogP contribution in [0.4, 0.5) is 0 Å². The predicted octanol–water partition coefficient (Wildman–Crippen LogP) is 1.41. The lowest BCUT2D eigenvalue weighted by Gasteiger charge is -2.25. The predicted molar refractivity (Wildman–Crippen MR) is 152 cm³/mol. The zero-order chi connectivity index (χ0) is 28.5. The van der Waals surface area contributed by atoms with E-state index in [0.29, 0.717) is 0 Å². The van der Waals surface area contributed by atoms with Gasteiger partial charge in [0, 0.05) is 29.3 Å². The van der Waals surface area contributed by atoms with Gasteiger partial charge in [0.1, 0.15) is 18.1 Å². The first-order valence-electron chi connectivity index (χ1n) is 12.7. The van der Waals surface area contributed by atoms with Crippen LogP contribution >= 0.6 is 12.6 Å². The highest BCUT2D eigenvalue weighted by atomic mass is 32.1. The van der Waals surface area contributed by atoms with Crippen molar-refractivity contribution in [2.75, 3.05) is 5.75 Å². The van der Waals surface area contributed by atoms with Gasteiger partial charge < -0.3 is 31.8 Å². The quantitative estimate of drug-likeness (QED) is 0.158. The van der Waals surface area contributed by atoms with Crippen molar-refractivity contribution in [1.29, 1.82) is 0 Å². The van der Waals surface area contributed by atoms with Crippen LogP contribution in [0.15, 0.2) is 60.8 Å². The molecule has 0 saturated carbocycles. The molecule has 0 bridgehead atoms. The fraction of sp³-hybridized carbons (Fsp3) is 0.357. The number of hydrogen-bond acceptors (Lipinski definition) is 6. The van der Waals surface area contributed by atoms with Gasteiger partial charge in [-0.05, 0) is 29.5 Å². The smallest absolute Gasteiger partial charge is 0.326 e. The lowest BCUT2D eigenvalue weighted by Crippen LogP contribution is -2.58. The lowest BCUT2D eigenvalue weighted by atomic mass is 10.0. The number of carboxylic acids is 1. The van der Waals surface area contributed by atoms with Gasteiger partial charge in [0.15, 0.2) is 0 Å². The van der Waals surface area contributed by atoms with Gasteiger partial charge in [-0.2, -0.15) is 12.6 Å². The first kappa shape index (κ1) is 29.7. The van der Waals surface area contributed by atoms with E-state index in [-0.39, 0.29) is 24.5 Å². The molecule has 208 valence electrons. The van der Waals surface area contributed by atoms with E-state index in [4.69, 9.17) is 5.73 Å². The number of nitrogens with one attached hydrogen (secondary N) is 4. The third kappa shape index (κ3) is 8.08. The Morgan fingerprint density at radius 1 is 0.872 bits per heavy atom. The van der Waals surface area contributed by atoms with E-state index in [1.54, 1.807) is 20.0 Å². The van der Waals surface area contributed by atoms with Gasteiger partial charge in [-0.1, -0.05) is 62.4 Å². The maximum absolute atomic E-state index is 13.3. The minimum Gasteiger partial charge on any atom is -0.480 e. The minimum absolute atomic E-state index is 0.0409. The Bertz CT molecular complexity index is 1300. The summed E-state index contributed by atoms with van der Waals surface area (Å²) in [5.74, 6) is -3.42. The third-order valence-electron chi connectivity index (χ3n) is 6.41. The van der Waals surface area contributed by atoms with Crippen LogP contribution in [0.2, 0.25) is 0 Å². The molecule has 0 radical (unpaired) electrons. The van der Waals surface area contributed by atoms with E-state index in [9.17, 15) is 24.3 Å². The number of aromatic amines is 1. The molecule has 0 aliphatic carbocycles. The summed E-state index contributed by atoms with van der Waals surface area (Å²) in [6.07, 6.45) is 2.12. The third-order valence-corrected chi connectivity index (χ3v) is 6.78. The van der Waals surface area contributed by atoms with E-state index >= 15 is 0 Å². The summed E-state index contributed by atoms with van der Waals surface area (Å²) in [7, 11) is 0. The molecule has 39 heavy (non-hydrogen) atoms. The monoisotopic (exact) mass is 553 g/mol. The van der Waals surface area contributed by atoms with Crippen LogP contribution < -0.4 is 21.7 Å². The molecule has 0 fully saturated rings. The van der Waals surface area contributed by atoms with Gasteiger partial charge in [-0.15, -0.1) is 0 Å². The second-order valence-corrected chi connectivity index (χ2v) is 10.1. The fourth-order valence-corrected chi connectivity index (χ4v) is 4.46. The Labute approximate surface area is 232 Å². The fourth-order valence-electron chi connectivity index (χ4n) is 4.20. The van der Waals surface area contributed by atoms with Crippen LogP contribution in [-0.4, -0.2) is 63.7 Å². The van der Waals surface area contributed by atoms with E-state index in [1.165, 1.54) is 0 Å². The maximum Gasteiger partial charge on any atom is 0.326 e. The molecule has 1 aromatic heterocycles. The summed E-state index contributed by atoms with van der Waals surface area (Å²) in [5, 5.41) is 18.3. The number of carbonyl (C=O) groups excluding carboxylic acids is 3. The number of benzene rings is 2. The molecule has 7 N–H and O–H groups in total. The molecule has 3 aromatic rings. The highest BCUT2D eigenvalue weighted by molar-refractivity contribution is 7.80. The van der Waals surface area contributed by atoms with E-state index in [0.717, 1.165) is 22.0 Å². The number of amides is 3. The number of rotatable bonds is 13. The summed E-state index contributed by atoms with van der Waals surface area (Å²) in [4.78, 5) is 54.1. The summed E-state index contributed by atoms with van der Waals surface area (Å²) in [5.41, 5.74) is 8.56. The van der Waals surface area contributed by atoms with Crippen molar-refractivity contribution in [3.05, 3.63) is 71.9 Å². The number of carbonyl (C=O) groups is 4. The Hall–Kier alpha value is -3.83. The number of para-hydroxylation sites is 1. The number of nitrogens with two attached hydrogens (primary N) is 1. The zero-order valence-corrected chi connectivity index (χ0v) is 22.8. The molecule has 3 amide bonds. The zero-order valence-electron chi connectivity index (χ0n) is 21.9. The van der Waals surface area contributed by atoms with Crippen LogP contribution in [0.5, 0.6) is 0 Å². The van der Waals surface area contributed by atoms with E-state index in [2.05, 4.69) is 33.6 Å². The maximum atomic E-state index is 13.3. The summed E-state index contributed by atoms with van der Waals surface area (Å²) in [6, 6.07) is 12.5. The van der Waals surface area contributed by atoms with Crippen molar-refractivity contribution in [3.8, 4) is 0 Å². The normalized spacial score (nSPS) is 14.3. The molecule has 0 saturated heterocycles. The van der Waals surface area contributed by atoms with Crippen LogP contribution in [0.3, 0.4) is 0 Å². The van der Waals surface area contributed by atoms with Gasteiger partial charge in [0.25, 0.3) is 0 Å². The first-order valence-corrected chi connectivity index (χ1v) is 13.3. The molecule has 10 nitrogen and oxygen atoms in total. The van der Waals surface area contributed by atoms with Gasteiger partial charge in [0.05, 0.1) is 6.04 Å². The number of carboxylic acid groups (broad SMARTS) is 1. The first-order chi connectivity index (χ1) is 18.6. The number of aliphatic carboxylic acids is 1. The largest absolute Gasteiger partial charge is 0.480 e. The van der Waals surface area contributed by atoms with Crippen LogP contribution in [-0.2, 0) is 32.0 Å². The van der Waals surface area contributed by atoms with Gasteiger partial charge in [-0.25, -0.2) is 4.79 Å². The SMILES string of the molecule is CC(C)C(NC(=O)C(Cc1c[nH]c2ccccc12)NC(=O)C(CS)NC(=O)C(N)Cc1ccccc1)C(=O)O. The van der Waals surface area contributed by atoms with E-state index < -0.39 is 47.9 Å². The molecule has 4 atom stereocenters. The van der Waals surface area contributed by atoms with Gasteiger partial charge in [0.2, 0.25) is 17.7 Å². The molecule has 0 aliphatic rings. The second kappa shape index (κ2) is 13.8. The summed E-state index contributed by atoms with van der Waals surface area (Å²) < 4.78 is 0. The molecule has 11 heteroatoms. The Morgan fingerprint density at radius 2 is 1.49 bits per heavy atom. The molecule has 0 aliphatic heterocycles. The second-order valence-electron chi connectivity index (χ2n) is 9.73. The molecule has 3 rings (SSSR count). The molecule has 1 heterocycles. The Morgan fingerprint density at radius 3 is 2.13 bits per heavy atom. The van der Waals surface area contributed by atoms with Crippen molar-refractivity contribution in [3.63, 3.8) is 0 Å². The van der Waals surface area contributed by atoms with Crippen LogP contribution in [0.1, 0.15) is 25.0 Å². The topological polar surface area (TPSA) is 166 Å². The van der Waals surface area contributed by atoms with Gasteiger partial charge >= 0.3 is 5.97 Å². The van der Waals surface area contributed by atoms with Crippen LogP contribution in [0.25, 0.3) is 10.9 Å². The van der Waals surface area contributed by atoms with Crippen LogP contribution in [0, 0.1) is 5.92 Å². The number of fused-ring (bicyclic) bond motifs is 1. The molecular formula is C28H35N5O5S. The van der Waals surface area contributed by atoms with E-state index in [1.807, 2.05) is 54.6 Å². The number of aromatic nitrogens is 1. The van der Waals surface area contributed by atoms with Crippen molar-refractivity contribution < 1.29 is 24.3 Å². The van der Waals surface area contributed by atoms with Crippen molar-refractivity contribution >= 4 is 47.2 Å². The lowest BCUT2D eigenvalue weighted by molar-refractivity contribution is -0.143. The number of H-pyrrole nitrogens is 1. The van der Waals surface area contributed by atoms with Crippen molar-refractivity contribution in [1.82, 2.24) is 20.9 Å². The number of hydrogen-bond donors (Lipinski definition) is 7. The van der Waals surface area contributed by atoms with Crippen molar-refractivity contribution in [2.24, 2.45) is 11.7 Å². The highest BCUT2D eigenvalue weighted by Crippen LogP contribution is 2.19. The van der Waals surface area contributed by atoms with Crippen molar-refractivity contribution in [2.45, 2.75) is 50.9 Å². The molecular weight excluding hydrogens is 518 g/mol. The molecule has 2 aromatic carbocycles. The average Bonchev–Trinajstić information content (AvgIpc) is 3.32. The summed E-state index contributed by atoms with van der Waals surface area (Å²) >= 11 is 4.22. The number of thiol groups is 1. The molecule has 0 spiro atoms. The Kier molecular flexibility index (Phi) is 10.5.